The van der Waals surface area contributed by atoms with Crippen molar-refractivity contribution in [3.8, 4) is 0 Å². The molecular formula is C22H30O2. The van der Waals surface area contributed by atoms with E-state index in [0.717, 1.165) is 30.8 Å². The highest BCUT2D eigenvalue weighted by atomic mass is 16.7. The molecule has 3 unspecified atom stereocenters. The molecule has 2 nitrogen and oxygen atoms in total. The fourth-order valence-corrected chi connectivity index (χ4v) is 4.59. The van der Waals surface area contributed by atoms with Gasteiger partial charge < -0.3 is 9.47 Å². The zero-order chi connectivity index (χ0) is 16.2. The Bertz CT molecular complexity index is 520. The van der Waals surface area contributed by atoms with E-state index >= 15 is 0 Å². The lowest BCUT2D eigenvalue weighted by molar-refractivity contribution is -0.188. The van der Waals surface area contributed by atoms with Crippen LogP contribution >= 0.6 is 0 Å². The van der Waals surface area contributed by atoms with Crippen LogP contribution in [0.3, 0.4) is 0 Å². The molecule has 0 aromatic heterocycles. The average Bonchev–Trinajstić information content (AvgIpc) is 3.08. The molecule has 3 fully saturated rings. The predicted octanol–water partition coefficient (Wildman–Crippen LogP) is 5.13. The summed E-state index contributed by atoms with van der Waals surface area (Å²) in [7, 11) is 0. The number of hydrogen-bond acceptors (Lipinski definition) is 2. The van der Waals surface area contributed by atoms with Gasteiger partial charge in [-0.1, -0.05) is 42.5 Å². The van der Waals surface area contributed by atoms with Gasteiger partial charge in [-0.2, -0.15) is 0 Å². The second kappa shape index (κ2) is 7.84. The summed E-state index contributed by atoms with van der Waals surface area (Å²) in [5.41, 5.74) is 1.46. The Morgan fingerprint density at radius 3 is 2.67 bits per heavy atom. The van der Waals surface area contributed by atoms with E-state index in [0.29, 0.717) is 6.10 Å². The SMILES string of the molecule is C(=CC1[C@H]2CC(OC3CCCCO3)C[C@@H]12)CCCc1ccccc1. The molecule has 4 rings (SSSR count). The second-order valence-electron chi connectivity index (χ2n) is 7.74. The molecule has 0 amide bonds. The molecule has 0 spiro atoms. The van der Waals surface area contributed by atoms with Crippen LogP contribution in [0.15, 0.2) is 42.5 Å². The first-order valence-electron chi connectivity index (χ1n) is 9.88. The molecule has 0 N–H and O–H groups in total. The lowest BCUT2D eigenvalue weighted by Gasteiger charge is -2.26. The summed E-state index contributed by atoms with van der Waals surface area (Å²) < 4.78 is 11.9. The fourth-order valence-electron chi connectivity index (χ4n) is 4.59. The molecule has 24 heavy (non-hydrogen) atoms. The molecule has 5 atom stereocenters. The number of allylic oxidation sites excluding steroid dienone is 2. The number of rotatable bonds is 7. The molecular weight excluding hydrogens is 296 g/mol. The Balaban J connectivity index is 1.11. The van der Waals surface area contributed by atoms with Crippen molar-refractivity contribution < 1.29 is 9.47 Å². The molecule has 1 heterocycles. The van der Waals surface area contributed by atoms with Crippen molar-refractivity contribution in [3.05, 3.63) is 48.0 Å². The van der Waals surface area contributed by atoms with Crippen LogP contribution in [-0.4, -0.2) is 19.0 Å². The van der Waals surface area contributed by atoms with Crippen molar-refractivity contribution in [2.45, 2.75) is 63.8 Å². The molecule has 0 bridgehead atoms. The minimum absolute atomic E-state index is 0.0910. The van der Waals surface area contributed by atoms with E-state index in [1.165, 1.54) is 50.5 Å². The fraction of sp³-hybridized carbons (Fsp3) is 0.636. The van der Waals surface area contributed by atoms with Crippen molar-refractivity contribution in [2.24, 2.45) is 17.8 Å². The third kappa shape index (κ3) is 4.10. The van der Waals surface area contributed by atoms with E-state index in [-0.39, 0.29) is 6.29 Å². The van der Waals surface area contributed by atoms with Crippen LogP contribution in [0.1, 0.15) is 50.5 Å². The van der Waals surface area contributed by atoms with E-state index in [9.17, 15) is 0 Å². The smallest absolute Gasteiger partial charge is 0.157 e. The third-order valence-electron chi connectivity index (χ3n) is 5.99. The summed E-state index contributed by atoms with van der Waals surface area (Å²) in [6.07, 6.45) is 15.2. The van der Waals surface area contributed by atoms with Crippen LogP contribution in [0.5, 0.6) is 0 Å². The van der Waals surface area contributed by atoms with Gasteiger partial charge in [0, 0.05) is 6.61 Å². The number of ether oxygens (including phenoxy) is 2. The van der Waals surface area contributed by atoms with Crippen LogP contribution < -0.4 is 0 Å². The summed E-state index contributed by atoms with van der Waals surface area (Å²) in [6.45, 7) is 0.887. The standard InChI is InChI=1S/C22H30O2/c1-3-9-17(10-4-1)11-5-2-6-12-19-20-15-18(16-21(19)20)24-22-13-7-8-14-23-22/h1,3-4,6,9-10,12,18-22H,2,5,7-8,11,13-16H2/t18?,19?,20-,21+,22?. The molecule has 130 valence electrons. The van der Waals surface area contributed by atoms with E-state index in [4.69, 9.17) is 9.47 Å². The first-order valence-corrected chi connectivity index (χ1v) is 9.88. The number of unbranched alkanes of at least 4 members (excludes halogenated alkanes) is 1. The van der Waals surface area contributed by atoms with Gasteiger partial charge in [-0.15, -0.1) is 0 Å². The highest BCUT2D eigenvalue weighted by Crippen LogP contribution is 2.59. The summed E-state index contributed by atoms with van der Waals surface area (Å²) in [6, 6.07) is 10.8. The number of aryl methyl sites for hydroxylation is 1. The lowest BCUT2D eigenvalue weighted by Crippen LogP contribution is -2.27. The molecule has 3 aliphatic rings. The predicted molar refractivity (Wildman–Crippen MR) is 96.7 cm³/mol. The van der Waals surface area contributed by atoms with E-state index in [1.54, 1.807) is 0 Å². The maximum atomic E-state index is 6.15. The monoisotopic (exact) mass is 326 g/mol. The highest BCUT2D eigenvalue weighted by molar-refractivity contribution is 5.15. The van der Waals surface area contributed by atoms with Crippen LogP contribution in [0.25, 0.3) is 0 Å². The number of hydrogen-bond donors (Lipinski definition) is 0. The summed E-state index contributed by atoms with van der Waals surface area (Å²) >= 11 is 0. The van der Waals surface area contributed by atoms with E-state index < -0.39 is 0 Å². The minimum Gasteiger partial charge on any atom is -0.353 e. The second-order valence-corrected chi connectivity index (χ2v) is 7.74. The summed E-state index contributed by atoms with van der Waals surface area (Å²) in [4.78, 5) is 0. The molecule has 2 saturated carbocycles. The minimum atomic E-state index is 0.0910. The molecule has 1 aliphatic heterocycles. The zero-order valence-electron chi connectivity index (χ0n) is 14.6. The molecule has 1 saturated heterocycles. The lowest BCUT2D eigenvalue weighted by atomic mass is 10.1. The van der Waals surface area contributed by atoms with Gasteiger partial charge in [0.2, 0.25) is 0 Å². The van der Waals surface area contributed by atoms with Gasteiger partial charge in [-0.05, 0) is 74.7 Å². The maximum absolute atomic E-state index is 6.15. The van der Waals surface area contributed by atoms with Crippen LogP contribution in [0.4, 0.5) is 0 Å². The Hall–Kier alpha value is -1.12. The molecule has 1 aromatic carbocycles. The van der Waals surface area contributed by atoms with Crippen molar-refractivity contribution in [1.29, 1.82) is 0 Å². The quantitative estimate of drug-likeness (QED) is 0.510. The van der Waals surface area contributed by atoms with Gasteiger partial charge in [0.1, 0.15) is 0 Å². The maximum Gasteiger partial charge on any atom is 0.157 e. The first kappa shape index (κ1) is 16.4. The van der Waals surface area contributed by atoms with E-state index in [1.807, 2.05) is 0 Å². The topological polar surface area (TPSA) is 18.5 Å². The number of benzene rings is 1. The van der Waals surface area contributed by atoms with Crippen molar-refractivity contribution in [1.82, 2.24) is 0 Å². The van der Waals surface area contributed by atoms with E-state index in [2.05, 4.69) is 42.5 Å². The normalized spacial score (nSPS) is 35.2. The summed E-state index contributed by atoms with van der Waals surface area (Å²) in [5.74, 6) is 2.63. The van der Waals surface area contributed by atoms with Crippen LogP contribution in [0, 0.1) is 17.8 Å². The average molecular weight is 326 g/mol. The van der Waals surface area contributed by atoms with Crippen molar-refractivity contribution in [2.75, 3.05) is 6.61 Å². The first-order chi connectivity index (χ1) is 11.9. The van der Waals surface area contributed by atoms with Gasteiger partial charge in [0.05, 0.1) is 6.10 Å². The van der Waals surface area contributed by atoms with Crippen LogP contribution in [0.2, 0.25) is 0 Å². The Kier molecular flexibility index (Phi) is 5.34. The Morgan fingerprint density at radius 1 is 1.08 bits per heavy atom. The number of fused-ring (bicyclic) bond motifs is 1. The molecule has 0 radical (unpaired) electrons. The zero-order valence-corrected chi connectivity index (χ0v) is 14.6. The van der Waals surface area contributed by atoms with Crippen molar-refractivity contribution >= 4 is 0 Å². The molecule has 1 aromatic rings. The van der Waals surface area contributed by atoms with Gasteiger partial charge in [0.15, 0.2) is 6.29 Å². The van der Waals surface area contributed by atoms with Gasteiger partial charge in [0.25, 0.3) is 0 Å². The Morgan fingerprint density at radius 2 is 1.92 bits per heavy atom. The highest BCUT2D eigenvalue weighted by Gasteiger charge is 2.55. The van der Waals surface area contributed by atoms with Gasteiger partial charge in [-0.25, -0.2) is 0 Å². The summed E-state index contributed by atoms with van der Waals surface area (Å²) in [5, 5.41) is 0. The van der Waals surface area contributed by atoms with Crippen LogP contribution in [-0.2, 0) is 15.9 Å². The Labute approximate surface area is 146 Å². The largest absolute Gasteiger partial charge is 0.353 e. The van der Waals surface area contributed by atoms with Gasteiger partial charge in [-0.3, -0.25) is 0 Å². The third-order valence-corrected chi connectivity index (χ3v) is 5.99. The molecule has 2 aliphatic carbocycles. The van der Waals surface area contributed by atoms with Gasteiger partial charge >= 0.3 is 0 Å². The molecule has 2 heteroatoms. The van der Waals surface area contributed by atoms with Crippen molar-refractivity contribution in [3.63, 3.8) is 0 Å².